The number of hydrogen-bond donors (Lipinski definition) is 3. The van der Waals surface area contributed by atoms with Crippen molar-refractivity contribution < 1.29 is 23.8 Å². The lowest BCUT2D eigenvalue weighted by Gasteiger charge is -2.27. The number of urea groups is 1. The van der Waals surface area contributed by atoms with Crippen LogP contribution in [-0.4, -0.2) is 78.3 Å². The summed E-state index contributed by atoms with van der Waals surface area (Å²) in [5.74, 6) is 0.00249. The van der Waals surface area contributed by atoms with E-state index in [1.54, 1.807) is 29.2 Å². The average molecular weight is 485 g/mol. The number of ether oxygens (including phenoxy) is 1. The minimum Gasteiger partial charge on any atom is -0.492 e. The molecule has 0 spiro atoms. The van der Waals surface area contributed by atoms with Crippen molar-refractivity contribution in [2.75, 3.05) is 44.6 Å². The quantitative estimate of drug-likeness (QED) is 0.562. The molecule has 0 aliphatic carbocycles. The van der Waals surface area contributed by atoms with E-state index in [-0.39, 0.29) is 24.3 Å². The van der Waals surface area contributed by atoms with Gasteiger partial charge in [-0.15, -0.1) is 0 Å². The largest absolute Gasteiger partial charge is 0.492 e. The van der Waals surface area contributed by atoms with Crippen LogP contribution in [0.1, 0.15) is 36.0 Å². The Labute approximate surface area is 205 Å². The highest BCUT2D eigenvalue weighted by molar-refractivity contribution is 5.94. The summed E-state index contributed by atoms with van der Waals surface area (Å²) in [6.45, 7) is 4.36. The highest BCUT2D eigenvalue weighted by atomic mass is 19.1. The average Bonchev–Trinajstić information content (AvgIpc) is 3.31. The molecule has 3 N–H and O–H groups in total. The van der Waals surface area contributed by atoms with Gasteiger partial charge in [0.2, 0.25) is 0 Å². The number of carbonyl (C=O) groups excluding carboxylic acids is 2. The van der Waals surface area contributed by atoms with Crippen LogP contribution in [0.5, 0.6) is 5.75 Å². The highest BCUT2D eigenvalue weighted by Crippen LogP contribution is 2.17. The van der Waals surface area contributed by atoms with Crippen LogP contribution in [0.3, 0.4) is 0 Å². The van der Waals surface area contributed by atoms with Crippen LogP contribution in [-0.2, 0) is 0 Å². The van der Waals surface area contributed by atoms with Crippen molar-refractivity contribution in [2.45, 2.75) is 37.8 Å². The van der Waals surface area contributed by atoms with Crippen molar-refractivity contribution in [3.63, 3.8) is 0 Å². The molecule has 2 heterocycles. The molecule has 0 bridgehead atoms. The van der Waals surface area contributed by atoms with Crippen LogP contribution in [0.4, 0.5) is 14.9 Å². The molecular weight excluding hydrogens is 451 g/mol. The van der Waals surface area contributed by atoms with Gasteiger partial charge >= 0.3 is 6.03 Å². The first-order valence-corrected chi connectivity index (χ1v) is 12.2. The van der Waals surface area contributed by atoms with Gasteiger partial charge in [0.05, 0.1) is 12.1 Å². The zero-order valence-corrected chi connectivity index (χ0v) is 19.8. The van der Waals surface area contributed by atoms with E-state index in [1.165, 1.54) is 37.1 Å². The number of halogens is 1. The van der Waals surface area contributed by atoms with E-state index in [1.807, 2.05) is 0 Å². The molecule has 0 aromatic heterocycles. The van der Waals surface area contributed by atoms with Crippen molar-refractivity contribution in [3.8, 4) is 5.75 Å². The van der Waals surface area contributed by atoms with Crippen LogP contribution in [0, 0.1) is 5.82 Å². The van der Waals surface area contributed by atoms with E-state index in [4.69, 9.17) is 4.74 Å². The molecule has 4 rings (SSSR count). The number of benzene rings is 2. The van der Waals surface area contributed by atoms with Gasteiger partial charge in [-0.25, -0.2) is 9.18 Å². The fraction of sp³-hybridized carbons (Fsp3) is 0.462. The van der Waals surface area contributed by atoms with E-state index in [9.17, 15) is 19.1 Å². The monoisotopic (exact) mass is 484 g/mol. The van der Waals surface area contributed by atoms with Gasteiger partial charge < -0.3 is 25.4 Å². The lowest BCUT2D eigenvalue weighted by molar-refractivity contribution is 0.0811. The molecule has 2 atom stereocenters. The van der Waals surface area contributed by atoms with Gasteiger partial charge in [-0.2, -0.15) is 0 Å². The Bertz CT molecular complexity index is 980. The Morgan fingerprint density at radius 2 is 1.71 bits per heavy atom. The molecule has 0 saturated carbocycles. The number of anilines is 1. The summed E-state index contributed by atoms with van der Waals surface area (Å²) in [4.78, 5) is 29.5. The Hall–Kier alpha value is -3.17. The normalized spacial score (nSPS) is 20.8. The summed E-state index contributed by atoms with van der Waals surface area (Å²) in [6, 6.07) is 11.5. The first kappa shape index (κ1) is 24.9. The van der Waals surface area contributed by atoms with Crippen molar-refractivity contribution in [1.82, 2.24) is 15.1 Å². The predicted octanol–water partition coefficient (Wildman–Crippen LogP) is 3.09. The van der Waals surface area contributed by atoms with Gasteiger partial charge in [0.1, 0.15) is 18.2 Å². The number of amides is 3. The van der Waals surface area contributed by atoms with Crippen LogP contribution in [0.2, 0.25) is 0 Å². The molecular formula is C26H33FN4O4. The van der Waals surface area contributed by atoms with Gasteiger partial charge in [0.15, 0.2) is 0 Å². The number of carbonyl (C=O) groups is 2. The Balaban J connectivity index is 1.30. The van der Waals surface area contributed by atoms with Crippen molar-refractivity contribution in [3.05, 3.63) is 59.9 Å². The molecule has 2 fully saturated rings. The number of likely N-dealkylation sites (tertiary alicyclic amines) is 2. The molecule has 2 aromatic rings. The summed E-state index contributed by atoms with van der Waals surface area (Å²) in [6.07, 6.45) is 2.80. The van der Waals surface area contributed by atoms with Gasteiger partial charge in [0, 0.05) is 30.9 Å². The van der Waals surface area contributed by atoms with Crippen LogP contribution in [0.25, 0.3) is 0 Å². The van der Waals surface area contributed by atoms with Gasteiger partial charge in [-0.1, -0.05) is 0 Å². The van der Waals surface area contributed by atoms with Crippen molar-refractivity contribution in [1.29, 1.82) is 0 Å². The molecule has 2 aromatic carbocycles. The fourth-order valence-corrected chi connectivity index (χ4v) is 4.46. The molecule has 3 amide bonds. The van der Waals surface area contributed by atoms with Crippen molar-refractivity contribution in [2.24, 2.45) is 0 Å². The maximum absolute atomic E-state index is 13.1. The second kappa shape index (κ2) is 12.0. The summed E-state index contributed by atoms with van der Waals surface area (Å²) < 4.78 is 18.9. The summed E-state index contributed by atoms with van der Waals surface area (Å²) >= 11 is 0. The van der Waals surface area contributed by atoms with Gasteiger partial charge in [0.25, 0.3) is 5.91 Å². The zero-order chi connectivity index (χ0) is 24.6. The summed E-state index contributed by atoms with van der Waals surface area (Å²) in [7, 11) is 0. The number of aliphatic hydroxyl groups excluding tert-OH is 1. The Morgan fingerprint density at radius 3 is 2.43 bits per heavy atom. The molecule has 188 valence electrons. The van der Waals surface area contributed by atoms with Crippen LogP contribution < -0.4 is 15.4 Å². The second-order valence-electron chi connectivity index (χ2n) is 9.09. The number of rotatable bonds is 7. The number of nitrogens with zero attached hydrogens (tertiary/aromatic N) is 2. The molecule has 35 heavy (non-hydrogen) atoms. The van der Waals surface area contributed by atoms with E-state index in [0.717, 1.165) is 19.6 Å². The topological polar surface area (TPSA) is 94.1 Å². The third-order valence-corrected chi connectivity index (χ3v) is 6.50. The standard InChI is InChI=1S/C26H33FN4O4/c27-20-7-9-21(10-8-20)28-26(34)31-15-3-4-24(32)23(18-31)29-25(33)19-5-11-22(12-6-19)35-17-16-30-13-1-2-14-30/h5-12,23-24,32H,1-4,13-18H2,(H,28,34)(H,29,33)/t23-,24+/m0/s1. The molecule has 2 saturated heterocycles. The maximum Gasteiger partial charge on any atom is 0.321 e. The molecule has 9 heteroatoms. The summed E-state index contributed by atoms with van der Waals surface area (Å²) in [5, 5.41) is 16.2. The van der Waals surface area contributed by atoms with Gasteiger partial charge in [-0.05, 0) is 87.3 Å². The Kier molecular flexibility index (Phi) is 8.54. The van der Waals surface area contributed by atoms with E-state index >= 15 is 0 Å². The highest BCUT2D eigenvalue weighted by Gasteiger charge is 2.29. The number of aliphatic hydroxyl groups is 1. The SMILES string of the molecule is O=C(N[C@H]1CN(C(=O)Nc2ccc(F)cc2)CCC[C@H]1O)c1ccc(OCCN2CCCC2)cc1. The molecule has 8 nitrogen and oxygen atoms in total. The fourth-order valence-electron chi connectivity index (χ4n) is 4.46. The zero-order valence-electron chi connectivity index (χ0n) is 19.8. The first-order chi connectivity index (χ1) is 17.0. The maximum atomic E-state index is 13.1. The third kappa shape index (κ3) is 7.16. The molecule has 2 aliphatic heterocycles. The van der Waals surface area contributed by atoms with Crippen LogP contribution in [0.15, 0.2) is 48.5 Å². The molecule has 2 aliphatic rings. The second-order valence-corrected chi connectivity index (χ2v) is 9.09. The third-order valence-electron chi connectivity index (χ3n) is 6.50. The predicted molar refractivity (Wildman–Crippen MR) is 131 cm³/mol. The summed E-state index contributed by atoms with van der Waals surface area (Å²) in [5.41, 5.74) is 0.931. The minimum absolute atomic E-state index is 0.164. The Morgan fingerprint density at radius 1 is 1.00 bits per heavy atom. The lowest BCUT2D eigenvalue weighted by atomic mass is 10.1. The lowest BCUT2D eigenvalue weighted by Crippen LogP contribution is -2.50. The van der Waals surface area contributed by atoms with E-state index < -0.39 is 12.1 Å². The first-order valence-electron chi connectivity index (χ1n) is 12.2. The van der Waals surface area contributed by atoms with E-state index in [2.05, 4.69) is 15.5 Å². The van der Waals surface area contributed by atoms with Gasteiger partial charge in [-0.3, -0.25) is 9.69 Å². The van der Waals surface area contributed by atoms with Crippen LogP contribution >= 0.6 is 0 Å². The number of nitrogens with one attached hydrogen (secondary N) is 2. The minimum atomic E-state index is -0.768. The molecule has 0 radical (unpaired) electrons. The number of hydrogen-bond acceptors (Lipinski definition) is 5. The molecule has 0 unspecified atom stereocenters. The van der Waals surface area contributed by atoms with Crippen molar-refractivity contribution >= 4 is 17.6 Å². The smallest absolute Gasteiger partial charge is 0.321 e. The van der Waals surface area contributed by atoms with E-state index in [0.29, 0.717) is 43.0 Å².